The molecule has 0 saturated carbocycles. The van der Waals surface area contributed by atoms with Crippen molar-refractivity contribution in [1.29, 1.82) is 0 Å². The number of ether oxygens (including phenoxy) is 1. The fraction of sp³-hybridized carbons (Fsp3) is 0.167. The van der Waals surface area contributed by atoms with E-state index < -0.39 is 5.97 Å². The summed E-state index contributed by atoms with van der Waals surface area (Å²) in [5.41, 5.74) is 4.89. The Morgan fingerprint density at radius 3 is 2.89 bits per heavy atom. The molecular weight excluding hydrogens is 118 g/mol. The molecule has 0 bridgehead atoms. The number of hydrogen-bond donors (Lipinski definition) is 1. The highest BCUT2D eigenvalue weighted by Gasteiger charge is 1.89. The van der Waals surface area contributed by atoms with Gasteiger partial charge in [-0.25, -0.2) is 4.79 Å². The average Bonchev–Trinajstić information content (AvgIpc) is 1.85. The minimum Gasteiger partial charge on any atom is -0.458 e. The first-order valence-electron chi connectivity index (χ1n) is 2.47. The summed E-state index contributed by atoms with van der Waals surface area (Å²) < 4.78 is 4.51. The Hall–Kier alpha value is -1.25. The third kappa shape index (κ3) is 4.61. The largest absolute Gasteiger partial charge is 0.458 e. The molecular formula is C6H9NO2. The van der Waals surface area contributed by atoms with Crippen LogP contribution >= 0.6 is 0 Å². The fourth-order valence-electron chi connectivity index (χ4n) is 0.268. The van der Waals surface area contributed by atoms with E-state index in [0.717, 1.165) is 12.3 Å². The van der Waals surface area contributed by atoms with Gasteiger partial charge < -0.3 is 10.5 Å². The Morgan fingerprint density at radius 2 is 2.44 bits per heavy atom. The highest BCUT2D eigenvalue weighted by atomic mass is 16.5. The van der Waals surface area contributed by atoms with E-state index >= 15 is 0 Å². The number of carbonyl (C=O) groups excluding carboxylic acids is 1. The maximum Gasteiger partial charge on any atom is 0.332 e. The summed E-state index contributed by atoms with van der Waals surface area (Å²) in [6.45, 7) is 3.59. The second kappa shape index (κ2) is 4.90. The average molecular weight is 127 g/mol. The van der Waals surface area contributed by atoms with Crippen molar-refractivity contribution in [3.05, 3.63) is 24.9 Å². The fourth-order valence-corrected chi connectivity index (χ4v) is 0.268. The minimum atomic E-state index is -0.447. The topological polar surface area (TPSA) is 52.3 Å². The van der Waals surface area contributed by atoms with E-state index in [1.54, 1.807) is 0 Å². The molecule has 0 radical (unpaired) electrons. The zero-order chi connectivity index (χ0) is 7.11. The maximum atomic E-state index is 10.4. The maximum absolute atomic E-state index is 10.4. The van der Waals surface area contributed by atoms with Gasteiger partial charge in [0.05, 0.1) is 0 Å². The van der Waals surface area contributed by atoms with Crippen molar-refractivity contribution in [1.82, 2.24) is 0 Å². The summed E-state index contributed by atoms with van der Waals surface area (Å²) in [7, 11) is 0. The van der Waals surface area contributed by atoms with Crippen molar-refractivity contribution in [3.63, 3.8) is 0 Å². The number of hydrogen-bond acceptors (Lipinski definition) is 3. The lowest BCUT2D eigenvalue weighted by molar-refractivity contribution is -0.136. The van der Waals surface area contributed by atoms with Gasteiger partial charge in [-0.15, -0.1) is 0 Å². The molecule has 0 atom stereocenters. The van der Waals surface area contributed by atoms with Crippen LogP contribution in [0.15, 0.2) is 24.9 Å². The van der Waals surface area contributed by atoms with E-state index in [1.165, 1.54) is 6.08 Å². The Balaban J connectivity index is 3.38. The number of rotatable bonds is 3. The van der Waals surface area contributed by atoms with Crippen molar-refractivity contribution >= 4 is 5.97 Å². The molecule has 3 heteroatoms. The third-order valence-corrected chi connectivity index (χ3v) is 0.576. The highest BCUT2D eigenvalue weighted by molar-refractivity contribution is 5.81. The SMILES string of the molecule is C=CCOC(=O)C=CN. The molecule has 9 heavy (non-hydrogen) atoms. The smallest absolute Gasteiger partial charge is 0.332 e. The predicted octanol–water partition coefficient (Wildman–Crippen LogP) is 0.188. The van der Waals surface area contributed by atoms with E-state index in [9.17, 15) is 4.79 Å². The number of carbonyl (C=O) groups is 1. The first-order valence-corrected chi connectivity index (χ1v) is 2.47. The quantitative estimate of drug-likeness (QED) is 0.334. The van der Waals surface area contributed by atoms with Gasteiger partial charge in [0, 0.05) is 12.3 Å². The zero-order valence-electron chi connectivity index (χ0n) is 5.04. The van der Waals surface area contributed by atoms with E-state index in [2.05, 4.69) is 11.3 Å². The van der Waals surface area contributed by atoms with Crippen LogP contribution in [0.3, 0.4) is 0 Å². The Kier molecular flexibility index (Phi) is 4.22. The summed E-state index contributed by atoms with van der Waals surface area (Å²) in [5, 5.41) is 0. The summed E-state index contributed by atoms with van der Waals surface area (Å²) >= 11 is 0. The van der Waals surface area contributed by atoms with Crippen molar-refractivity contribution in [2.45, 2.75) is 0 Å². The van der Waals surface area contributed by atoms with Gasteiger partial charge in [0.1, 0.15) is 6.61 Å². The van der Waals surface area contributed by atoms with Crippen LogP contribution in [0.1, 0.15) is 0 Å². The van der Waals surface area contributed by atoms with E-state index in [1.807, 2.05) is 0 Å². The van der Waals surface area contributed by atoms with Gasteiger partial charge in [-0.3, -0.25) is 0 Å². The molecule has 0 saturated heterocycles. The highest BCUT2D eigenvalue weighted by Crippen LogP contribution is 1.78. The second-order valence-electron chi connectivity index (χ2n) is 1.28. The van der Waals surface area contributed by atoms with Crippen LogP contribution in [0, 0.1) is 0 Å². The molecule has 0 aliphatic heterocycles. The second-order valence-corrected chi connectivity index (χ2v) is 1.28. The summed E-state index contributed by atoms with van der Waals surface area (Å²) in [6, 6.07) is 0. The molecule has 0 rings (SSSR count). The van der Waals surface area contributed by atoms with Crippen LogP contribution in [0.4, 0.5) is 0 Å². The molecule has 0 aliphatic rings. The van der Waals surface area contributed by atoms with Crippen LogP contribution in [-0.4, -0.2) is 12.6 Å². The molecule has 0 aromatic carbocycles. The van der Waals surface area contributed by atoms with E-state index in [4.69, 9.17) is 5.73 Å². The lowest BCUT2D eigenvalue weighted by atomic mass is 10.6. The lowest BCUT2D eigenvalue weighted by Gasteiger charge is -1.92. The van der Waals surface area contributed by atoms with Gasteiger partial charge in [-0.2, -0.15) is 0 Å². The molecule has 0 unspecified atom stereocenters. The monoisotopic (exact) mass is 127 g/mol. The van der Waals surface area contributed by atoms with Gasteiger partial charge in [-0.1, -0.05) is 12.7 Å². The van der Waals surface area contributed by atoms with Crippen LogP contribution < -0.4 is 5.73 Å². The van der Waals surface area contributed by atoms with Crippen LogP contribution in [0.2, 0.25) is 0 Å². The molecule has 3 nitrogen and oxygen atoms in total. The predicted molar refractivity (Wildman–Crippen MR) is 34.5 cm³/mol. The van der Waals surface area contributed by atoms with E-state index in [-0.39, 0.29) is 6.61 Å². The van der Waals surface area contributed by atoms with Gasteiger partial charge >= 0.3 is 5.97 Å². The Bertz CT molecular complexity index is 129. The molecule has 0 aliphatic carbocycles. The third-order valence-electron chi connectivity index (χ3n) is 0.576. The molecule has 0 spiro atoms. The van der Waals surface area contributed by atoms with Gasteiger partial charge in [-0.05, 0) is 0 Å². The molecule has 0 fully saturated rings. The normalized spacial score (nSPS) is 9.33. The van der Waals surface area contributed by atoms with Crippen molar-refractivity contribution < 1.29 is 9.53 Å². The van der Waals surface area contributed by atoms with Crippen LogP contribution in [-0.2, 0) is 9.53 Å². The zero-order valence-corrected chi connectivity index (χ0v) is 5.04. The van der Waals surface area contributed by atoms with Gasteiger partial charge in [0.2, 0.25) is 0 Å². The Morgan fingerprint density at radius 1 is 1.78 bits per heavy atom. The molecule has 0 amide bonds. The van der Waals surface area contributed by atoms with Crippen molar-refractivity contribution in [2.75, 3.05) is 6.61 Å². The van der Waals surface area contributed by atoms with Gasteiger partial charge in [0.25, 0.3) is 0 Å². The molecule has 50 valence electrons. The summed E-state index contributed by atoms with van der Waals surface area (Å²) in [6.07, 6.45) is 3.76. The summed E-state index contributed by atoms with van der Waals surface area (Å²) in [4.78, 5) is 10.4. The first-order chi connectivity index (χ1) is 4.31. The van der Waals surface area contributed by atoms with Crippen LogP contribution in [0.25, 0.3) is 0 Å². The van der Waals surface area contributed by atoms with Gasteiger partial charge in [0.15, 0.2) is 0 Å². The molecule has 2 N–H and O–H groups in total. The lowest BCUT2D eigenvalue weighted by Crippen LogP contribution is -2.00. The standard InChI is InChI=1S/C6H9NO2/c1-2-5-9-6(8)3-4-7/h2-4H,1,5,7H2. The molecule has 0 aromatic rings. The Labute approximate surface area is 53.8 Å². The van der Waals surface area contributed by atoms with Crippen molar-refractivity contribution in [2.24, 2.45) is 5.73 Å². The minimum absolute atomic E-state index is 0.225. The molecule has 0 heterocycles. The van der Waals surface area contributed by atoms with Crippen molar-refractivity contribution in [3.8, 4) is 0 Å². The van der Waals surface area contributed by atoms with Crippen LogP contribution in [0.5, 0.6) is 0 Å². The summed E-state index contributed by atoms with van der Waals surface area (Å²) in [5.74, 6) is -0.447. The first kappa shape index (κ1) is 7.75. The van der Waals surface area contributed by atoms with E-state index in [0.29, 0.717) is 0 Å². The molecule has 0 aromatic heterocycles. The number of nitrogens with two attached hydrogens (primary N) is 1. The number of esters is 1.